The van der Waals surface area contributed by atoms with E-state index in [1.807, 2.05) is 43.5 Å². The van der Waals surface area contributed by atoms with Crippen molar-refractivity contribution >= 4 is 45.1 Å². The summed E-state index contributed by atoms with van der Waals surface area (Å²) < 4.78 is 5.54. The largest absolute Gasteiger partial charge is 0.368 e. The van der Waals surface area contributed by atoms with Crippen molar-refractivity contribution in [3.05, 3.63) is 54.0 Å². The first kappa shape index (κ1) is 20.2. The Morgan fingerprint density at radius 2 is 2.31 bits per heavy atom. The summed E-state index contributed by atoms with van der Waals surface area (Å²) in [5.41, 5.74) is 2.17. The van der Waals surface area contributed by atoms with E-state index >= 15 is 0 Å². The van der Waals surface area contributed by atoms with Crippen molar-refractivity contribution < 1.29 is 9.53 Å². The van der Waals surface area contributed by atoms with Gasteiger partial charge in [0, 0.05) is 25.5 Å². The zero-order valence-corrected chi connectivity index (χ0v) is 17.5. The molecule has 4 heterocycles. The van der Waals surface area contributed by atoms with E-state index in [1.165, 1.54) is 0 Å². The predicted molar refractivity (Wildman–Crippen MR) is 116 cm³/mol. The number of carbonyl (C=O) groups excluding carboxylic acids is 1. The number of aryl methyl sites for hydroxylation is 1. The topological polar surface area (TPSA) is 79.4 Å². The summed E-state index contributed by atoms with van der Waals surface area (Å²) in [5.74, 6) is 1.53. The number of pyridine rings is 2. The number of aromatic nitrogens is 2. The van der Waals surface area contributed by atoms with Crippen LogP contribution in [0.1, 0.15) is 17.7 Å². The molecule has 4 rings (SSSR count). The number of thioether (sulfide) groups is 1. The van der Waals surface area contributed by atoms with Crippen LogP contribution in [0.5, 0.6) is 0 Å². The number of carbonyl (C=O) groups is 1. The van der Waals surface area contributed by atoms with E-state index in [2.05, 4.69) is 20.5 Å². The van der Waals surface area contributed by atoms with Crippen LogP contribution < -0.4 is 10.6 Å². The molecule has 2 aromatic heterocycles. The number of rotatable bonds is 7. The van der Waals surface area contributed by atoms with Crippen LogP contribution >= 0.6 is 23.4 Å². The van der Waals surface area contributed by atoms with Crippen LogP contribution in [0, 0.1) is 6.92 Å². The molecule has 0 amide bonds. The second kappa shape index (κ2) is 9.13. The van der Waals surface area contributed by atoms with Crippen molar-refractivity contribution in [2.75, 3.05) is 25.0 Å². The van der Waals surface area contributed by atoms with Crippen molar-refractivity contribution in [1.29, 1.82) is 0 Å². The summed E-state index contributed by atoms with van der Waals surface area (Å²) in [6.45, 7) is 3.67. The molecule has 1 unspecified atom stereocenters. The Morgan fingerprint density at radius 1 is 1.41 bits per heavy atom. The average molecular weight is 432 g/mol. The standard InChI is InChI=1S/C20H22ClN5O2S/c1-13-5-7-22-19(9-13)25-18-4-2-3-15(24-18)16-10-23-20(29-16)26-8-6-14(11-26)28-12-17(21)27/h2-5,7,9-10,14,20,23H,6,8,11-12H2,1H3,(H,22,24,25)/t14-,20?/m1/s1. The molecule has 29 heavy (non-hydrogen) atoms. The van der Waals surface area contributed by atoms with Gasteiger partial charge in [0.05, 0.1) is 16.7 Å². The number of halogens is 1. The van der Waals surface area contributed by atoms with Crippen molar-refractivity contribution in [2.45, 2.75) is 24.9 Å². The lowest BCUT2D eigenvalue weighted by Crippen LogP contribution is -2.38. The molecule has 0 bridgehead atoms. The van der Waals surface area contributed by atoms with E-state index in [0.29, 0.717) is 0 Å². The summed E-state index contributed by atoms with van der Waals surface area (Å²) in [6, 6.07) is 9.86. The highest BCUT2D eigenvalue weighted by atomic mass is 35.5. The van der Waals surface area contributed by atoms with E-state index < -0.39 is 5.24 Å². The fraction of sp³-hybridized carbons (Fsp3) is 0.350. The van der Waals surface area contributed by atoms with Gasteiger partial charge in [0.2, 0.25) is 5.24 Å². The van der Waals surface area contributed by atoms with Crippen LogP contribution in [0.3, 0.4) is 0 Å². The normalized spacial score (nSPS) is 21.7. The molecule has 2 aliphatic rings. The highest BCUT2D eigenvalue weighted by molar-refractivity contribution is 8.09. The molecule has 9 heteroatoms. The zero-order valence-electron chi connectivity index (χ0n) is 16.0. The van der Waals surface area contributed by atoms with Gasteiger partial charge in [-0.05, 0) is 54.8 Å². The van der Waals surface area contributed by atoms with Gasteiger partial charge in [0.15, 0.2) is 0 Å². The molecule has 0 aliphatic carbocycles. The Hall–Kier alpha value is -2.13. The van der Waals surface area contributed by atoms with Crippen LogP contribution in [-0.4, -0.2) is 51.4 Å². The van der Waals surface area contributed by atoms with E-state index in [9.17, 15) is 4.79 Å². The van der Waals surface area contributed by atoms with E-state index in [0.717, 1.165) is 47.3 Å². The lowest BCUT2D eigenvalue weighted by Gasteiger charge is -2.23. The fourth-order valence-corrected chi connectivity index (χ4v) is 4.46. The third-order valence-corrected chi connectivity index (χ3v) is 6.06. The van der Waals surface area contributed by atoms with Gasteiger partial charge < -0.3 is 15.4 Å². The number of anilines is 2. The zero-order chi connectivity index (χ0) is 20.2. The maximum atomic E-state index is 10.9. The third-order valence-electron chi connectivity index (χ3n) is 4.71. The Balaban J connectivity index is 1.35. The highest BCUT2D eigenvalue weighted by Crippen LogP contribution is 2.36. The fourth-order valence-electron chi connectivity index (χ4n) is 3.31. The van der Waals surface area contributed by atoms with Crippen molar-refractivity contribution in [1.82, 2.24) is 20.2 Å². The first-order valence-electron chi connectivity index (χ1n) is 9.41. The summed E-state index contributed by atoms with van der Waals surface area (Å²) in [5, 5.41) is 6.22. The second-order valence-electron chi connectivity index (χ2n) is 6.97. The van der Waals surface area contributed by atoms with E-state index in [-0.39, 0.29) is 18.2 Å². The number of nitrogens with one attached hydrogen (secondary N) is 2. The molecule has 0 radical (unpaired) electrons. The SMILES string of the molecule is Cc1ccnc(Nc2cccc(C3=CNC(N4CC[C@@H](OCC(=O)Cl)C4)S3)n2)c1. The highest BCUT2D eigenvalue weighted by Gasteiger charge is 2.32. The van der Waals surface area contributed by atoms with Crippen molar-refractivity contribution in [2.24, 2.45) is 0 Å². The molecule has 0 spiro atoms. The number of hydrogen-bond acceptors (Lipinski definition) is 8. The average Bonchev–Trinajstić information content (AvgIpc) is 3.36. The lowest BCUT2D eigenvalue weighted by atomic mass is 10.3. The summed E-state index contributed by atoms with van der Waals surface area (Å²) in [7, 11) is 0. The minimum atomic E-state index is -0.457. The maximum absolute atomic E-state index is 10.9. The van der Waals surface area contributed by atoms with Crippen LogP contribution in [0.25, 0.3) is 4.91 Å². The molecule has 1 fully saturated rings. The Morgan fingerprint density at radius 3 is 3.14 bits per heavy atom. The minimum Gasteiger partial charge on any atom is -0.368 e. The number of hydrogen-bond donors (Lipinski definition) is 2. The van der Waals surface area contributed by atoms with Crippen LogP contribution in [0.2, 0.25) is 0 Å². The minimum absolute atomic E-state index is 0.0334. The summed E-state index contributed by atoms with van der Waals surface area (Å²) in [4.78, 5) is 23.3. The molecule has 2 aromatic rings. The second-order valence-corrected chi connectivity index (χ2v) is 8.51. The van der Waals surface area contributed by atoms with Crippen molar-refractivity contribution in [3.63, 3.8) is 0 Å². The maximum Gasteiger partial charge on any atom is 0.247 e. The van der Waals surface area contributed by atoms with Gasteiger partial charge in [0.1, 0.15) is 23.7 Å². The molecule has 152 valence electrons. The molecule has 2 atom stereocenters. The number of likely N-dealkylation sites (tertiary alicyclic amines) is 1. The van der Waals surface area contributed by atoms with E-state index in [1.54, 1.807) is 18.0 Å². The Kier molecular flexibility index (Phi) is 6.34. The van der Waals surface area contributed by atoms with E-state index in [4.69, 9.17) is 21.3 Å². The molecule has 1 saturated heterocycles. The van der Waals surface area contributed by atoms with Gasteiger partial charge in [-0.3, -0.25) is 9.69 Å². The molecule has 2 aliphatic heterocycles. The van der Waals surface area contributed by atoms with Crippen LogP contribution in [0.15, 0.2) is 42.7 Å². The molecule has 2 N–H and O–H groups in total. The summed E-state index contributed by atoms with van der Waals surface area (Å²) in [6.07, 6.45) is 4.71. The monoisotopic (exact) mass is 431 g/mol. The van der Waals surface area contributed by atoms with Gasteiger partial charge in [-0.15, -0.1) is 0 Å². The smallest absolute Gasteiger partial charge is 0.247 e. The van der Waals surface area contributed by atoms with Gasteiger partial charge in [-0.2, -0.15) is 0 Å². The Labute approximate surface area is 178 Å². The van der Waals surface area contributed by atoms with Gasteiger partial charge in [0.25, 0.3) is 0 Å². The predicted octanol–water partition coefficient (Wildman–Crippen LogP) is 3.30. The van der Waals surface area contributed by atoms with Crippen molar-refractivity contribution in [3.8, 4) is 0 Å². The molecular weight excluding hydrogens is 410 g/mol. The van der Waals surface area contributed by atoms with Gasteiger partial charge >= 0.3 is 0 Å². The first-order chi connectivity index (χ1) is 14.1. The first-order valence-corrected chi connectivity index (χ1v) is 10.7. The van der Waals surface area contributed by atoms with Crippen LogP contribution in [0.4, 0.5) is 11.6 Å². The number of nitrogens with zero attached hydrogens (tertiary/aromatic N) is 3. The quantitative estimate of drug-likeness (QED) is 0.646. The van der Waals surface area contributed by atoms with Gasteiger partial charge in [-0.1, -0.05) is 17.8 Å². The van der Waals surface area contributed by atoms with Crippen LogP contribution in [-0.2, 0) is 9.53 Å². The molecular formula is C20H22ClN5O2S. The summed E-state index contributed by atoms with van der Waals surface area (Å²) >= 11 is 7.09. The molecule has 0 saturated carbocycles. The van der Waals surface area contributed by atoms with Gasteiger partial charge in [-0.25, -0.2) is 9.97 Å². The third kappa shape index (κ3) is 5.27. The number of ether oxygens (including phenoxy) is 1. The molecule has 7 nitrogen and oxygen atoms in total. The Bertz CT molecular complexity index is 925. The molecule has 0 aromatic carbocycles. The lowest BCUT2D eigenvalue weighted by molar-refractivity contribution is -0.117.